The minimum Gasteiger partial charge on any atom is -0.266 e. The first-order chi connectivity index (χ1) is 15.4. The van der Waals surface area contributed by atoms with E-state index in [1.54, 1.807) is 4.31 Å². The van der Waals surface area contributed by atoms with Gasteiger partial charge in [-0.05, 0) is 66.8 Å². The monoisotopic (exact) mass is 453 g/mol. The third kappa shape index (κ3) is 3.76. The summed E-state index contributed by atoms with van der Waals surface area (Å²) in [5.41, 5.74) is 8.58. The lowest BCUT2D eigenvalue weighted by Crippen LogP contribution is -2.36. The van der Waals surface area contributed by atoms with Crippen LogP contribution in [0.1, 0.15) is 60.4 Å². The van der Waals surface area contributed by atoms with Gasteiger partial charge in [-0.15, -0.1) is 0 Å². The van der Waals surface area contributed by atoms with E-state index in [0.29, 0.717) is 17.4 Å². The lowest BCUT2D eigenvalue weighted by molar-refractivity contribution is 0.290. The average Bonchev–Trinajstić information content (AvgIpc) is 3.43. The molecule has 2 fully saturated rings. The molecule has 2 unspecified atom stereocenters. The van der Waals surface area contributed by atoms with Crippen LogP contribution in [0.15, 0.2) is 41.3 Å². The first-order valence-corrected chi connectivity index (χ1v) is 13.5. The van der Waals surface area contributed by atoms with E-state index in [1.807, 2.05) is 38.1 Å². The molecule has 5 rings (SSSR count). The molecule has 1 saturated heterocycles. The molecule has 2 heterocycles. The quantitative estimate of drug-likeness (QED) is 0.726. The summed E-state index contributed by atoms with van der Waals surface area (Å²) in [5, 5.41) is 2.19. The fourth-order valence-electron chi connectivity index (χ4n) is 6.19. The molecular formula is C26H35N3O2S. The first kappa shape index (κ1) is 21.9. The van der Waals surface area contributed by atoms with Crippen molar-refractivity contribution in [3.8, 4) is 0 Å². The van der Waals surface area contributed by atoms with Crippen LogP contribution < -0.4 is 9.73 Å². The number of hydrazine groups is 1. The van der Waals surface area contributed by atoms with Crippen LogP contribution in [0.4, 0.5) is 5.69 Å². The standard InChI is InChI=1S/C26H35N3O2S/c1-18-13-14-22(25-23(17-28(3)27-25)20-9-4-5-10-20)16-24(18)32(30,31)29-15-7-12-21-11-6-8-19(2)26(21)29/h6,8,11,13-14,16,20,23,25,27H,4-5,7,9-10,12,15,17H2,1-3H3. The number of hydrogen-bond donors (Lipinski definition) is 1. The Bertz CT molecular complexity index is 1110. The maximum atomic E-state index is 14.0. The van der Waals surface area contributed by atoms with Gasteiger partial charge in [0.15, 0.2) is 0 Å². The van der Waals surface area contributed by atoms with E-state index in [9.17, 15) is 8.42 Å². The van der Waals surface area contributed by atoms with Gasteiger partial charge in [0.25, 0.3) is 10.0 Å². The van der Waals surface area contributed by atoms with E-state index < -0.39 is 10.0 Å². The van der Waals surface area contributed by atoms with Crippen LogP contribution in [0, 0.1) is 25.7 Å². The Kier molecular flexibility index (Phi) is 5.81. The Hall–Kier alpha value is -1.89. The van der Waals surface area contributed by atoms with Crippen molar-refractivity contribution in [3.63, 3.8) is 0 Å². The molecule has 2 atom stereocenters. The molecular weight excluding hydrogens is 418 g/mol. The van der Waals surface area contributed by atoms with E-state index >= 15 is 0 Å². The van der Waals surface area contributed by atoms with Gasteiger partial charge in [-0.2, -0.15) is 0 Å². The van der Waals surface area contributed by atoms with E-state index in [0.717, 1.165) is 53.2 Å². The Morgan fingerprint density at radius 2 is 1.78 bits per heavy atom. The van der Waals surface area contributed by atoms with Crippen LogP contribution >= 0.6 is 0 Å². The summed E-state index contributed by atoms with van der Waals surface area (Å²) in [6, 6.07) is 12.4. The SMILES string of the molecule is Cc1ccc(C2NN(C)CC2C2CCCC2)cc1S(=O)(=O)N1CCCc2cccc(C)c21. The summed E-state index contributed by atoms with van der Waals surface area (Å²) in [5.74, 6) is 1.24. The molecule has 6 heteroatoms. The molecule has 172 valence electrons. The minimum absolute atomic E-state index is 0.174. The zero-order valence-electron chi connectivity index (χ0n) is 19.5. The number of para-hydroxylation sites is 1. The zero-order valence-corrected chi connectivity index (χ0v) is 20.3. The summed E-state index contributed by atoms with van der Waals surface area (Å²) in [4.78, 5) is 0.452. The summed E-state index contributed by atoms with van der Waals surface area (Å²) in [6.45, 7) is 5.49. The van der Waals surface area contributed by atoms with Gasteiger partial charge in [0.2, 0.25) is 0 Å². The van der Waals surface area contributed by atoms with Gasteiger partial charge < -0.3 is 0 Å². The molecule has 0 amide bonds. The molecule has 1 saturated carbocycles. The van der Waals surface area contributed by atoms with Gasteiger partial charge in [0.05, 0.1) is 16.6 Å². The Morgan fingerprint density at radius 3 is 2.56 bits per heavy atom. The topological polar surface area (TPSA) is 52.7 Å². The summed E-state index contributed by atoms with van der Waals surface area (Å²) >= 11 is 0. The number of aryl methyl sites for hydroxylation is 3. The molecule has 0 bridgehead atoms. The van der Waals surface area contributed by atoms with Gasteiger partial charge in [-0.25, -0.2) is 18.9 Å². The number of nitrogens with zero attached hydrogens (tertiary/aromatic N) is 2. The van der Waals surface area contributed by atoms with E-state index in [1.165, 1.54) is 25.7 Å². The molecule has 2 aromatic rings. The number of benzene rings is 2. The van der Waals surface area contributed by atoms with Crippen LogP contribution in [0.2, 0.25) is 0 Å². The number of fused-ring (bicyclic) bond motifs is 1. The zero-order chi connectivity index (χ0) is 22.5. The lowest BCUT2D eigenvalue weighted by Gasteiger charge is -2.32. The highest BCUT2D eigenvalue weighted by molar-refractivity contribution is 7.92. The lowest BCUT2D eigenvalue weighted by atomic mass is 9.83. The van der Waals surface area contributed by atoms with Crippen LogP contribution in [-0.4, -0.2) is 33.6 Å². The number of hydrogen-bond acceptors (Lipinski definition) is 4. The van der Waals surface area contributed by atoms with Crippen LogP contribution in [0.5, 0.6) is 0 Å². The smallest absolute Gasteiger partial charge is 0.264 e. The summed E-state index contributed by atoms with van der Waals surface area (Å²) < 4.78 is 29.6. The van der Waals surface area contributed by atoms with Gasteiger partial charge >= 0.3 is 0 Å². The third-order valence-corrected chi connectivity index (χ3v) is 9.74. The molecule has 0 radical (unpaired) electrons. The number of anilines is 1. The fourth-order valence-corrected chi connectivity index (χ4v) is 8.05. The van der Waals surface area contributed by atoms with Crippen molar-refractivity contribution in [2.45, 2.75) is 63.3 Å². The molecule has 32 heavy (non-hydrogen) atoms. The maximum Gasteiger partial charge on any atom is 0.264 e. The van der Waals surface area contributed by atoms with Gasteiger partial charge in [0.1, 0.15) is 0 Å². The maximum absolute atomic E-state index is 14.0. The Labute approximate surface area is 192 Å². The molecule has 1 aliphatic carbocycles. The highest BCUT2D eigenvalue weighted by Gasteiger charge is 2.39. The minimum atomic E-state index is -3.64. The number of rotatable bonds is 4. The Morgan fingerprint density at radius 1 is 1.00 bits per heavy atom. The number of nitrogens with one attached hydrogen (secondary N) is 1. The van der Waals surface area contributed by atoms with Crippen LogP contribution in [0.3, 0.4) is 0 Å². The van der Waals surface area contributed by atoms with Gasteiger partial charge in [0, 0.05) is 20.1 Å². The largest absolute Gasteiger partial charge is 0.266 e. The predicted octanol–water partition coefficient (Wildman–Crippen LogP) is 4.74. The highest BCUT2D eigenvalue weighted by Crippen LogP contribution is 2.42. The van der Waals surface area contributed by atoms with Crippen molar-refractivity contribution in [2.24, 2.45) is 11.8 Å². The normalized spacial score (nSPS) is 24.8. The fraction of sp³-hybridized carbons (Fsp3) is 0.538. The third-order valence-electron chi connectivity index (χ3n) is 7.80. The van der Waals surface area contributed by atoms with Crippen molar-refractivity contribution in [1.29, 1.82) is 0 Å². The van der Waals surface area contributed by atoms with Crippen molar-refractivity contribution in [2.75, 3.05) is 24.4 Å². The summed E-state index contributed by atoms with van der Waals surface area (Å²) in [6.07, 6.45) is 7.00. The molecule has 2 aromatic carbocycles. The van der Waals surface area contributed by atoms with Crippen molar-refractivity contribution >= 4 is 15.7 Å². The average molecular weight is 454 g/mol. The van der Waals surface area contributed by atoms with Gasteiger partial charge in [-0.1, -0.05) is 56.0 Å². The Balaban J connectivity index is 1.53. The van der Waals surface area contributed by atoms with Crippen LogP contribution in [-0.2, 0) is 16.4 Å². The van der Waals surface area contributed by atoms with Crippen LogP contribution in [0.25, 0.3) is 0 Å². The second-order valence-corrected chi connectivity index (χ2v) is 11.8. The van der Waals surface area contributed by atoms with Crippen molar-refractivity contribution < 1.29 is 8.42 Å². The van der Waals surface area contributed by atoms with E-state index in [4.69, 9.17) is 0 Å². The molecule has 0 aromatic heterocycles. The molecule has 3 aliphatic rings. The molecule has 2 aliphatic heterocycles. The van der Waals surface area contributed by atoms with Crippen molar-refractivity contribution in [3.05, 3.63) is 58.7 Å². The first-order valence-electron chi connectivity index (χ1n) is 12.1. The predicted molar refractivity (Wildman–Crippen MR) is 129 cm³/mol. The molecule has 0 spiro atoms. The van der Waals surface area contributed by atoms with Crippen molar-refractivity contribution in [1.82, 2.24) is 10.4 Å². The molecule has 1 N–H and O–H groups in total. The second-order valence-electron chi connectivity index (χ2n) is 9.98. The molecule has 5 nitrogen and oxygen atoms in total. The van der Waals surface area contributed by atoms with E-state index in [-0.39, 0.29) is 6.04 Å². The van der Waals surface area contributed by atoms with Gasteiger partial charge in [-0.3, -0.25) is 4.31 Å². The summed E-state index contributed by atoms with van der Waals surface area (Å²) in [7, 11) is -1.54. The second kappa shape index (κ2) is 8.47. The van der Waals surface area contributed by atoms with E-state index in [2.05, 4.69) is 29.6 Å². The number of sulfonamides is 1. The highest BCUT2D eigenvalue weighted by atomic mass is 32.2.